The van der Waals surface area contributed by atoms with Crippen LogP contribution in [0.2, 0.25) is 5.04 Å². The van der Waals surface area contributed by atoms with Crippen LogP contribution in [0.1, 0.15) is 99.8 Å². The van der Waals surface area contributed by atoms with Gasteiger partial charge in [0, 0.05) is 0 Å². The summed E-state index contributed by atoms with van der Waals surface area (Å²) in [4.78, 5) is 0. The standard InChI is InChI=1S/C23H40FOSi/c1-20(2,3)16-13-17(21(4,5)6)19(18(14-16)22(7,8)9)26(25-15-24)23(10,11)12/h13-14H,15H2,1-12H3. The van der Waals surface area contributed by atoms with Crippen LogP contribution in [0.25, 0.3) is 0 Å². The van der Waals surface area contributed by atoms with Gasteiger partial charge in [-0.25, -0.2) is 4.39 Å². The first-order chi connectivity index (χ1) is 11.4. The first-order valence-corrected chi connectivity index (χ1v) is 11.1. The van der Waals surface area contributed by atoms with Gasteiger partial charge in [-0.05, 0) is 43.2 Å². The number of hydrogen-bond donors (Lipinski definition) is 0. The molecule has 1 nitrogen and oxygen atoms in total. The van der Waals surface area contributed by atoms with Gasteiger partial charge in [-0.15, -0.1) is 0 Å². The molecule has 0 saturated heterocycles. The molecule has 1 aromatic rings. The highest BCUT2D eigenvalue weighted by Gasteiger charge is 2.39. The van der Waals surface area contributed by atoms with Crippen LogP contribution in [0.5, 0.6) is 0 Å². The molecule has 1 aromatic carbocycles. The smallest absolute Gasteiger partial charge is 0.256 e. The van der Waals surface area contributed by atoms with Gasteiger partial charge in [0.1, 0.15) is 0 Å². The quantitative estimate of drug-likeness (QED) is 0.543. The van der Waals surface area contributed by atoms with E-state index >= 15 is 0 Å². The third-order valence-corrected chi connectivity index (χ3v) is 7.48. The number of benzene rings is 1. The largest absolute Gasteiger partial charge is 0.385 e. The first-order valence-electron chi connectivity index (χ1n) is 9.66. The zero-order chi connectivity index (χ0) is 20.7. The SMILES string of the molecule is CC(C)(C)c1cc(C(C)(C)C)c([Si](OCF)C(C)(C)C)c(C(C)(C)C)c1. The van der Waals surface area contributed by atoms with E-state index < -0.39 is 15.9 Å². The Kier molecular flexibility index (Phi) is 6.64. The number of hydrogen-bond acceptors (Lipinski definition) is 1. The van der Waals surface area contributed by atoms with Crippen molar-refractivity contribution in [1.29, 1.82) is 0 Å². The summed E-state index contributed by atoms with van der Waals surface area (Å²) in [5, 5.41) is 1.17. The van der Waals surface area contributed by atoms with E-state index in [2.05, 4.69) is 95.2 Å². The van der Waals surface area contributed by atoms with Crippen LogP contribution < -0.4 is 5.19 Å². The van der Waals surface area contributed by atoms with Crippen molar-refractivity contribution in [3.63, 3.8) is 0 Å². The van der Waals surface area contributed by atoms with Crippen LogP contribution in [0.3, 0.4) is 0 Å². The Morgan fingerprint density at radius 1 is 0.731 bits per heavy atom. The van der Waals surface area contributed by atoms with Crippen molar-refractivity contribution < 1.29 is 8.82 Å². The molecule has 0 bridgehead atoms. The third-order valence-electron chi connectivity index (χ3n) is 4.73. The maximum absolute atomic E-state index is 13.4. The van der Waals surface area contributed by atoms with E-state index in [4.69, 9.17) is 4.43 Å². The monoisotopic (exact) mass is 379 g/mol. The zero-order valence-electron chi connectivity index (χ0n) is 19.1. The molecule has 0 spiro atoms. The van der Waals surface area contributed by atoms with Crippen molar-refractivity contribution in [3.05, 3.63) is 28.8 Å². The molecule has 26 heavy (non-hydrogen) atoms. The predicted octanol–water partition coefficient (Wildman–Crippen LogP) is 6.52. The van der Waals surface area contributed by atoms with Crippen molar-refractivity contribution in [2.45, 2.75) is 104 Å². The average molecular weight is 380 g/mol. The van der Waals surface area contributed by atoms with Crippen molar-refractivity contribution in [2.24, 2.45) is 0 Å². The fourth-order valence-electron chi connectivity index (χ4n) is 3.22. The van der Waals surface area contributed by atoms with Gasteiger partial charge in [0.25, 0.3) is 9.04 Å². The Bertz CT molecular complexity index is 587. The summed E-state index contributed by atoms with van der Waals surface area (Å²) in [6.07, 6.45) is 0. The minimum atomic E-state index is -1.55. The van der Waals surface area contributed by atoms with Crippen molar-refractivity contribution in [2.75, 3.05) is 6.86 Å². The Hall–Kier alpha value is -0.673. The highest BCUT2D eigenvalue weighted by Crippen LogP contribution is 2.37. The molecule has 0 aliphatic carbocycles. The molecule has 1 rings (SSSR count). The molecule has 0 saturated carbocycles. The molecule has 0 atom stereocenters. The molecule has 0 aliphatic rings. The van der Waals surface area contributed by atoms with Crippen molar-refractivity contribution >= 4 is 14.2 Å². The number of rotatable bonds is 3. The summed E-state index contributed by atoms with van der Waals surface area (Å²) in [5.41, 5.74) is 3.97. The lowest BCUT2D eigenvalue weighted by Crippen LogP contribution is -2.49. The average Bonchev–Trinajstić information content (AvgIpc) is 2.39. The zero-order valence-corrected chi connectivity index (χ0v) is 20.1. The summed E-state index contributed by atoms with van der Waals surface area (Å²) in [6.45, 7) is 26.1. The second kappa shape index (κ2) is 7.39. The Labute approximate surface area is 163 Å². The summed E-state index contributed by atoms with van der Waals surface area (Å²) in [7, 11) is -1.55. The van der Waals surface area contributed by atoms with Crippen LogP contribution in [-0.4, -0.2) is 15.9 Å². The third kappa shape index (κ3) is 5.42. The van der Waals surface area contributed by atoms with Crippen LogP contribution in [0, 0.1) is 0 Å². The van der Waals surface area contributed by atoms with Crippen LogP contribution in [0.4, 0.5) is 4.39 Å². The maximum atomic E-state index is 13.4. The van der Waals surface area contributed by atoms with Gasteiger partial charge in [0.05, 0.1) is 0 Å². The normalized spacial score (nSPS) is 14.2. The minimum Gasteiger partial charge on any atom is -0.385 e. The molecular weight excluding hydrogens is 339 g/mol. The first kappa shape index (κ1) is 23.4. The van der Waals surface area contributed by atoms with Gasteiger partial charge in [-0.1, -0.05) is 95.2 Å². The van der Waals surface area contributed by atoms with E-state index in [0.717, 1.165) is 0 Å². The maximum Gasteiger partial charge on any atom is 0.256 e. The molecule has 0 amide bonds. The van der Waals surface area contributed by atoms with E-state index in [1.165, 1.54) is 21.9 Å². The van der Waals surface area contributed by atoms with E-state index in [9.17, 15) is 4.39 Å². The number of alkyl halides is 1. The highest BCUT2D eigenvalue weighted by molar-refractivity contribution is 6.71. The second-order valence-corrected chi connectivity index (χ2v) is 14.5. The summed E-state index contributed by atoms with van der Waals surface area (Å²) >= 11 is 0. The predicted molar refractivity (Wildman–Crippen MR) is 115 cm³/mol. The molecule has 1 radical (unpaired) electrons. The van der Waals surface area contributed by atoms with Crippen molar-refractivity contribution in [3.8, 4) is 0 Å². The molecule has 0 N–H and O–H groups in total. The van der Waals surface area contributed by atoms with E-state index in [-0.39, 0.29) is 21.3 Å². The van der Waals surface area contributed by atoms with Gasteiger partial charge in [0.2, 0.25) is 0 Å². The molecule has 0 heterocycles. The van der Waals surface area contributed by atoms with Gasteiger partial charge >= 0.3 is 0 Å². The lowest BCUT2D eigenvalue weighted by Gasteiger charge is -2.38. The van der Waals surface area contributed by atoms with Crippen LogP contribution >= 0.6 is 0 Å². The second-order valence-electron chi connectivity index (χ2n) is 11.5. The lowest BCUT2D eigenvalue weighted by molar-refractivity contribution is 0.186. The summed E-state index contributed by atoms with van der Waals surface area (Å²) in [6, 6.07) is 4.70. The molecule has 0 unspecified atom stereocenters. The van der Waals surface area contributed by atoms with Crippen LogP contribution in [-0.2, 0) is 20.7 Å². The summed E-state index contributed by atoms with van der Waals surface area (Å²) in [5.74, 6) is 0. The van der Waals surface area contributed by atoms with E-state index in [1.807, 2.05) is 0 Å². The van der Waals surface area contributed by atoms with Crippen LogP contribution in [0.15, 0.2) is 12.1 Å². The molecular formula is C23H40FOSi. The topological polar surface area (TPSA) is 9.23 Å². The molecule has 0 aromatic heterocycles. The van der Waals surface area contributed by atoms with Gasteiger partial charge in [0.15, 0.2) is 6.86 Å². The fourth-order valence-corrected chi connectivity index (χ4v) is 6.04. The van der Waals surface area contributed by atoms with Gasteiger partial charge in [-0.3, -0.25) is 0 Å². The molecule has 3 heteroatoms. The van der Waals surface area contributed by atoms with Gasteiger partial charge in [-0.2, -0.15) is 0 Å². The number of halogens is 1. The Morgan fingerprint density at radius 3 is 1.35 bits per heavy atom. The molecule has 149 valence electrons. The molecule has 0 aliphatic heterocycles. The Balaban J connectivity index is 4.02. The minimum absolute atomic E-state index is 0.0303. The fraction of sp³-hybridized carbons (Fsp3) is 0.739. The summed E-state index contributed by atoms with van der Waals surface area (Å²) < 4.78 is 19.2. The van der Waals surface area contributed by atoms with E-state index in [0.29, 0.717) is 0 Å². The highest BCUT2D eigenvalue weighted by atomic mass is 28.3. The van der Waals surface area contributed by atoms with Gasteiger partial charge < -0.3 is 4.43 Å². The van der Waals surface area contributed by atoms with Crippen molar-refractivity contribution in [1.82, 2.24) is 0 Å². The van der Waals surface area contributed by atoms with E-state index in [1.54, 1.807) is 0 Å². The Morgan fingerprint density at radius 2 is 1.12 bits per heavy atom. The molecule has 0 fully saturated rings. The lowest BCUT2D eigenvalue weighted by atomic mass is 9.75.